The average molecular weight is 230 g/mol. The first kappa shape index (κ1) is 13.0. The molecular weight excluding hydrogens is 212 g/mol. The van der Waals surface area contributed by atoms with Crippen LogP contribution in [0.4, 0.5) is 0 Å². The Hall–Kier alpha value is -1.10. The van der Waals surface area contributed by atoms with Crippen molar-refractivity contribution in [3.63, 3.8) is 0 Å². The minimum atomic E-state index is -0.830. The number of carbonyl (C=O) groups is 2. The quantitative estimate of drug-likeness (QED) is 0.483. The summed E-state index contributed by atoms with van der Waals surface area (Å²) in [7, 11) is 0. The first-order valence-corrected chi connectivity index (χ1v) is 5.61. The van der Waals surface area contributed by atoms with E-state index in [0.29, 0.717) is 13.0 Å². The maximum Gasteiger partial charge on any atom is 0.347 e. The Morgan fingerprint density at radius 3 is 2.75 bits per heavy atom. The maximum atomic E-state index is 11.3. The molecule has 0 radical (unpaired) electrons. The van der Waals surface area contributed by atoms with Crippen LogP contribution in [0.15, 0.2) is 0 Å². The predicted molar refractivity (Wildman–Crippen MR) is 55.8 cm³/mol. The largest absolute Gasteiger partial charge is 0.460 e. The minimum Gasteiger partial charge on any atom is -0.460 e. The van der Waals surface area contributed by atoms with Gasteiger partial charge in [-0.05, 0) is 13.3 Å². The van der Waals surface area contributed by atoms with Gasteiger partial charge in [0.1, 0.15) is 12.7 Å². The third-order valence-corrected chi connectivity index (χ3v) is 2.19. The minimum absolute atomic E-state index is 0.0342. The third kappa shape index (κ3) is 5.11. The van der Waals surface area contributed by atoms with Crippen LogP contribution in [0.3, 0.4) is 0 Å². The van der Waals surface area contributed by atoms with Gasteiger partial charge in [0.25, 0.3) is 0 Å². The summed E-state index contributed by atoms with van der Waals surface area (Å²) < 4.78 is 14.7. The lowest BCUT2D eigenvalue weighted by Crippen LogP contribution is -2.27. The molecule has 0 saturated carbocycles. The van der Waals surface area contributed by atoms with Crippen LogP contribution in [0.2, 0.25) is 0 Å². The van der Waals surface area contributed by atoms with Crippen molar-refractivity contribution in [3.05, 3.63) is 0 Å². The van der Waals surface area contributed by atoms with Crippen molar-refractivity contribution in [2.24, 2.45) is 0 Å². The molecule has 0 aromatic rings. The van der Waals surface area contributed by atoms with Gasteiger partial charge in [0.15, 0.2) is 6.10 Å². The van der Waals surface area contributed by atoms with Gasteiger partial charge in [-0.2, -0.15) is 0 Å². The van der Waals surface area contributed by atoms with E-state index < -0.39 is 12.1 Å². The van der Waals surface area contributed by atoms with E-state index >= 15 is 0 Å². The number of hydrogen-bond acceptors (Lipinski definition) is 5. The van der Waals surface area contributed by atoms with Gasteiger partial charge >= 0.3 is 11.9 Å². The van der Waals surface area contributed by atoms with Gasteiger partial charge in [0, 0.05) is 6.42 Å². The number of hydrogen-bond donors (Lipinski definition) is 0. The lowest BCUT2D eigenvalue weighted by Gasteiger charge is -2.11. The fourth-order valence-electron chi connectivity index (χ4n) is 1.08. The lowest BCUT2D eigenvalue weighted by atomic mass is 10.2. The van der Waals surface area contributed by atoms with Crippen LogP contribution in [-0.2, 0) is 23.8 Å². The summed E-state index contributed by atoms with van der Waals surface area (Å²) >= 11 is 0. The molecule has 1 aliphatic rings. The number of carbonyl (C=O) groups excluding carboxylic acids is 2. The van der Waals surface area contributed by atoms with E-state index in [1.165, 1.54) is 6.92 Å². The summed E-state index contributed by atoms with van der Waals surface area (Å²) in [5, 5.41) is 0. The Balaban J connectivity index is 2.13. The van der Waals surface area contributed by atoms with E-state index in [1.54, 1.807) is 0 Å². The van der Waals surface area contributed by atoms with Crippen molar-refractivity contribution in [2.45, 2.75) is 45.3 Å². The molecule has 0 amide bonds. The summed E-state index contributed by atoms with van der Waals surface area (Å²) in [4.78, 5) is 22.5. The molecule has 5 nitrogen and oxygen atoms in total. The Labute approximate surface area is 95.0 Å². The van der Waals surface area contributed by atoms with Crippen LogP contribution in [-0.4, -0.2) is 37.4 Å². The highest BCUT2D eigenvalue weighted by Crippen LogP contribution is 2.09. The number of unbranched alkanes of at least 4 members (excludes halogenated alkanes) is 1. The highest BCUT2D eigenvalue weighted by molar-refractivity contribution is 5.79. The summed E-state index contributed by atoms with van der Waals surface area (Å²) in [5.74, 6) is -0.866. The molecule has 0 spiro atoms. The van der Waals surface area contributed by atoms with Crippen LogP contribution in [0, 0.1) is 0 Å². The molecule has 2 unspecified atom stereocenters. The second-order valence-corrected chi connectivity index (χ2v) is 3.82. The summed E-state index contributed by atoms with van der Waals surface area (Å²) in [6, 6.07) is 0. The SMILES string of the molecule is CCCCC(=O)OC(C)C(=O)OCC1CO1. The van der Waals surface area contributed by atoms with Crippen molar-refractivity contribution < 1.29 is 23.8 Å². The highest BCUT2D eigenvalue weighted by Gasteiger charge is 2.26. The van der Waals surface area contributed by atoms with Gasteiger partial charge in [-0.1, -0.05) is 13.3 Å². The van der Waals surface area contributed by atoms with E-state index in [9.17, 15) is 9.59 Å². The molecule has 0 N–H and O–H groups in total. The second-order valence-electron chi connectivity index (χ2n) is 3.82. The Kier molecular flexibility index (Phi) is 5.25. The molecule has 1 fully saturated rings. The Morgan fingerprint density at radius 1 is 1.50 bits per heavy atom. The Morgan fingerprint density at radius 2 is 2.19 bits per heavy atom. The lowest BCUT2D eigenvalue weighted by molar-refractivity contribution is -0.166. The fourth-order valence-corrected chi connectivity index (χ4v) is 1.08. The molecule has 0 aromatic carbocycles. The molecule has 2 atom stereocenters. The van der Waals surface area contributed by atoms with Gasteiger partial charge in [-0.25, -0.2) is 4.79 Å². The van der Waals surface area contributed by atoms with Crippen molar-refractivity contribution >= 4 is 11.9 Å². The zero-order valence-electron chi connectivity index (χ0n) is 9.73. The summed E-state index contributed by atoms with van der Waals surface area (Å²) in [6.45, 7) is 4.38. The smallest absolute Gasteiger partial charge is 0.347 e. The van der Waals surface area contributed by atoms with Crippen molar-refractivity contribution in [2.75, 3.05) is 13.2 Å². The molecule has 1 saturated heterocycles. The second kappa shape index (κ2) is 6.48. The van der Waals surface area contributed by atoms with Crippen LogP contribution in [0.5, 0.6) is 0 Å². The number of esters is 2. The zero-order valence-corrected chi connectivity index (χ0v) is 9.73. The zero-order chi connectivity index (χ0) is 12.0. The van der Waals surface area contributed by atoms with Gasteiger partial charge in [0.05, 0.1) is 6.61 Å². The standard InChI is InChI=1S/C11H18O5/c1-3-4-5-10(12)16-8(2)11(13)15-7-9-6-14-9/h8-9H,3-7H2,1-2H3. The van der Waals surface area contributed by atoms with E-state index in [0.717, 1.165) is 12.8 Å². The number of rotatable bonds is 7. The first-order valence-electron chi connectivity index (χ1n) is 5.61. The topological polar surface area (TPSA) is 65.1 Å². The molecule has 92 valence electrons. The van der Waals surface area contributed by atoms with E-state index in [-0.39, 0.29) is 18.7 Å². The van der Waals surface area contributed by atoms with Gasteiger partial charge in [-0.15, -0.1) is 0 Å². The molecule has 5 heteroatoms. The molecule has 1 heterocycles. The van der Waals surface area contributed by atoms with Crippen molar-refractivity contribution in [1.29, 1.82) is 0 Å². The van der Waals surface area contributed by atoms with Gasteiger partial charge < -0.3 is 14.2 Å². The van der Waals surface area contributed by atoms with E-state index in [4.69, 9.17) is 14.2 Å². The first-order chi connectivity index (χ1) is 7.63. The molecular formula is C11H18O5. The molecule has 0 aliphatic carbocycles. The molecule has 1 aliphatic heterocycles. The van der Waals surface area contributed by atoms with Gasteiger partial charge in [-0.3, -0.25) is 4.79 Å². The third-order valence-electron chi connectivity index (χ3n) is 2.19. The van der Waals surface area contributed by atoms with E-state index in [1.807, 2.05) is 6.92 Å². The molecule has 16 heavy (non-hydrogen) atoms. The average Bonchev–Trinajstić information content (AvgIpc) is 3.06. The molecule has 0 bridgehead atoms. The normalized spacial score (nSPS) is 20.0. The van der Waals surface area contributed by atoms with Crippen LogP contribution < -0.4 is 0 Å². The van der Waals surface area contributed by atoms with Gasteiger partial charge in [0.2, 0.25) is 0 Å². The van der Waals surface area contributed by atoms with Crippen LogP contribution in [0.25, 0.3) is 0 Å². The number of ether oxygens (including phenoxy) is 3. The number of epoxide rings is 1. The predicted octanol–water partition coefficient (Wildman–Crippen LogP) is 1.05. The summed E-state index contributed by atoms with van der Waals surface area (Å²) in [6.07, 6.45) is 1.25. The fraction of sp³-hybridized carbons (Fsp3) is 0.818. The van der Waals surface area contributed by atoms with Crippen molar-refractivity contribution in [1.82, 2.24) is 0 Å². The molecule has 0 aromatic heterocycles. The molecule has 1 rings (SSSR count). The van der Waals surface area contributed by atoms with Crippen molar-refractivity contribution in [3.8, 4) is 0 Å². The van der Waals surface area contributed by atoms with Crippen LogP contribution in [0.1, 0.15) is 33.1 Å². The van der Waals surface area contributed by atoms with E-state index in [2.05, 4.69) is 0 Å². The highest BCUT2D eigenvalue weighted by atomic mass is 16.6. The summed E-state index contributed by atoms with van der Waals surface area (Å²) in [5.41, 5.74) is 0. The maximum absolute atomic E-state index is 11.3. The monoisotopic (exact) mass is 230 g/mol. The Bertz CT molecular complexity index is 247. The van der Waals surface area contributed by atoms with Crippen LogP contribution >= 0.6 is 0 Å².